The van der Waals surface area contributed by atoms with Crippen LogP contribution in [0.1, 0.15) is 34.7 Å². The summed E-state index contributed by atoms with van der Waals surface area (Å²) in [5, 5.41) is 0. The van der Waals surface area contributed by atoms with Crippen molar-refractivity contribution in [2.24, 2.45) is 5.92 Å². The van der Waals surface area contributed by atoms with Gasteiger partial charge in [-0.15, -0.1) is 0 Å². The highest BCUT2D eigenvalue weighted by Crippen LogP contribution is 2.23. The van der Waals surface area contributed by atoms with Gasteiger partial charge in [-0.3, -0.25) is 9.52 Å². The topological polar surface area (TPSA) is 97.7 Å². The molecule has 1 aliphatic heterocycles. The van der Waals surface area contributed by atoms with Crippen LogP contribution in [0.2, 0.25) is 0 Å². The number of nitrogens with one attached hydrogen (secondary N) is 1. The van der Waals surface area contributed by atoms with Gasteiger partial charge >= 0.3 is 5.97 Å². The highest BCUT2D eigenvalue weighted by atomic mass is 32.2. The fourth-order valence-corrected chi connectivity index (χ4v) is 4.20. The van der Waals surface area contributed by atoms with Crippen molar-refractivity contribution in [3.8, 4) is 0 Å². The standard InChI is InChI=1S/C19H23N3O5S/c1-13(2)11-22-9-8-21-12-16(10-17(21)18(22)23)28(25,26)20-15-6-4-14(5-7-15)19(24)27-3/h4-7,10,12-13,20H,8-9,11H2,1-3H3. The number of rotatable bonds is 6. The Bertz CT molecular complexity index is 993. The zero-order valence-corrected chi connectivity index (χ0v) is 16.8. The monoisotopic (exact) mass is 405 g/mol. The predicted octanol–water partition coefficient (Wildman–Crippen LogP) is 2.19. The van der Waals surface area contributed by atoms with Crippen LogP contribution < -0.4 is 4.72 Å². The smallest absolute Gasteiger partial charge is 0.337 e. The molecule has 1 aliphatic rings. The van der Waals surface area contributed by atoms with Crippen LogP contribution in [-0.4, -0.2) is 50.0 Å². The van der Waals surface area contributed by atoms with E-state index in [0.717, 1.165) is 0 Å². The third-order valence-corrected chi connectivity index (χ3v) is 5.79. The molecule has 1 N–H and O–H groups in total. The van der Waals surface area contributed by atoms with Gasteiger partial charge in [-0.05, 0) is 36.2 Å². The fourth-order valence-electron chi connectivity index (χ4n) is 3.11. The average Bonchev–Trinajstić information content (AvgIpc) is 3.10. The van der Waals surface area contributed by atoms with Crippen molar-refractivity contribution in [2.75, 3.05) is 24.9 Å². The van der Waals surface area contributed by atoms with E-state index in [9.17, 15) is 18.0 Å². The number of aromatic nitrogens is 1. The molecule has 2 aromatic rings. The normalized spacial score (nSPS) is 14.1. The number of esters is 1. The van der Waals surface area contributed by atoms with Gasteiger partial charge in [0.05, 0.1) is 12.7 Å². The summed E-state index contributed by atoms with van der Waals surface area (Å²) in [5.41, 5.74) is 0.999. The van der Waals surface area contributed by atoms with E-state index >= 15 is 0 Å². The summed E-state index contributed by atoms with van der Waals surface area (Å²) in [6, 6.07) is 7.31. The number of benzene rings is 1. The van der Waals surface area contributed by atoms with E-state index in [2.05, 4.69) is 9.46 Å². The van der Waals surface area contributed by atoms with Crippen molar-refractivity contribution in [2.45, 2.75) is 25.3 Å². The molecule has 8 nitrogen and oxygen atoms in total. The highest BCUT2D eigenvalue weighted by Gasteiger charge is 2.28. The molecule has 0 bridgehead atoms. The number of ether oxygens (including phenoxy) is 1. The van der Waals surface area contributed by atoms with Gasteiger partial charge in [0.15, 0.2) is 0 Å². The molecular formula is C19H23N3O5S. The molecule has 3 rings (SSSR count). The first-order valence-electron chi connectivity index (χ1n) is 8.92. The molecule has 0 unspecified atom stereocenters. The Labute approximate surface area is 164 Å². The zero-order valence-electron chi connectivity index (χ0n) is 16.0. The second kappa shape index (κ2) is 7.67. The van der Waals surface area contributed by atoms with Crippen molar-refractivity contribution in [1.29, 1.82) is 0 Å². The molecule has 1 aromatic carbocycles. The number of amides is 1. The SMILES string of the molecule is COC(=O)c1ccc(NS(=O)(=O)c2cc3n(c2)CCN(CC(C)C)C3=O)cc1. The molecule has 150 valence electrons. The summed E-state index contributed by atoms with van der Waals surface area (Å²) in [5.74, 6) is -0.328. The van der Waals surface area contributed by atoms with Crippen LogP contribution in [0.4, 0.5) is 5.69 Å². The van der Waals surface area contributed by atoms with Crippen LogP contribution in [0.3, 0.4) is 0 Å². The van der Waals surface area contributed by atoms with Gasteiger partial charge in [-0.1, -0.05) is 13.8 Å². The lowest BCUT2D eigenvalue weighted by Gasteiger charge is -2.29. The van der Waals surface area contributed by atoms with E-state index in [1.807, 2.05) is 13.8 Å². The molecule has 0 saturated carbocycles. The highest BCUT2D eigenvalue weighted by molar-refractivity contribution is 7.92. The van der Waals surface area contributed by atoms with Crippen molar-refractivity contribution >= 4 is 27.6 Å². The fraction of sp³-hybridized carbons (Fsp3) is 0.368. The average molecular weight is 405 g/mol. The summed E-state index contributed by atoms with van der Waals surface area (Å²) in [6.07, 6.45) is 1.48. The van der Waals surface area contributed by atoms with Crippen LogP contribution in [0.5, 0.6) is 0 Å². The molecule has 28 heavy (non-hydrogen) atoms. The second-order valence-electron chi connectivity index (χ2n) is 7.07. The van der Waals surface area contributed by atoms with Gasteiger partial charge in [0, 0.05) is 31.5 Å². The lowest BCUT2D eigenvalue weighted by atomic mass is 10.2. The predicted molar refractivity (Wildman–Crippen MR) is 104 cm³/mol. The Morgan fingerprint density at radius 2 is 1.89 bits per heavy atom. The molecule has 0 fully saturated rings. The first kappa shape index (κ1) is 19.9. The molecule has 1 aromatic heterocycles. The molecule has 0 spiro atoms. The molecule has 9 heteroatoms. The van der Waals surface area contributed by atoms with E-state index < -0.39 is 16.0 Å². The Morgan fingerprint density at radius 1 is 1.21 bits per heavy atom. The summed E-state index contributed by atoms with van der Waals surface area (Å²) >= 11 is 0. The quantitative estimate of drug-likeness (QED) is 0.743. The van der Waals surface area contributed by atoms with Gasteiger partial charge in [0.25, 0.3) is 15.9 Å². The van der Waals surface area contributed by atoms with Crippen molar-refractivity contribution < 1.29 is 22.7 Å². The lowest BCUT2D eigenvalue weighted by molar-refractivity contribution is 0.0600. The van der Waals surface area contributed by atoms with Crippen molar-refractivity contribution in [3.63, 3.8) is 0 Å². The van der Waals surface area contributed by atoms with Gasteiger partial charge < -0.3 is 14.2 Å². The molecule has 0 radical (unpaired) electrons. The maximum atomic E-state index is 12.7. The molecular weight excluding hydrogens is 382 g/mol. The number of hydrogen-bond donors (Lipinski definition) is 1. The van der Waals surface area contributed by atoms with Gasteiger partial charge in [-0.25, -0.2) is 13.2 Å². The molecule has 0 atom stereocenters. The first-order chi connectivity index (χ1) is 13.2. The van der Waals surface area contributed by atoms with Crippen molar-refractivity contribution in [1.82, 2.24) is 9.47 Å². The number of anilines is 1. The summed E-state index contributed by atoms with van der Waals surface area (Å²) < 4.78 is 34.2. The number of nitrogens with zero attached hydrogens (tertiary/aromatic N) is 2. The van der Waals surface area contributed by atoms with Crippen LogP contribution in [0.15, 0.2) is 41.4 Å². The number of carbonyl (C=O) groups is 2. The second-order valence-corrected chi connectivity index (χ2v) is 8.76. The van der Waals surface area contributed by atoms with Gasteiger partial charge in [0.2, 0.25) is 0 Å². The molecule has 0 saturated heterocycles. The molecule has 1 amide bonds. The van der Waals surface area contributed by atoms with E-state index in [1.165, 1.54) is 43.6 Å². The first-order valence-corrected chi connectivity index (χ1v) is 10.4. The number of sulfonamides is 1. The Kier molecular flexibility index (Phi) is 5.46. The lowest BCUT2D eigenvalue weighted by Crippen LogP contribution is -2.41. The minimum absolute atomic E-state index is 0.0271. The van der Waals surface area contributed by atoms with Gasteiger partial charge in [-0.2, -0.15) is 0 Å². The number of methoxy groups -OCH3 is 1. The third kappa shape index (κ3) is 4.04. The van der Waals surface area contributed by atoms with Crippen LogP contribution >= 0.6 is 0 Å². The number of fused-ring (bicyclic) bond motifs is 1. The zero-order chi connectivity index (χ0) is 20.5. The van der Waals surface area contributed by atoms with Crippen molar-refractivity contribution in [3.05, 3.63) is 47.8 Å². The maximum absolute atomic E-state index is 12.7. The van der Waals surface area contributed by atoms with Crippen LogP contribution in [0, 0.1) is 5.92 Å². The van der Waals surface area contributed by atoms with E-state index in [1.54, 1.807) is 9.47 Å². The maximum Gasteiger partial charge on any atom is 0.337 e. The Hall–Kier alpha value is -2.81. The van der Waals surface area contributed by atoms with Gasteiger partial charge in [0.1, 0.15) is 10.6 Å². The summed E-state index contributed by atoms with van der Waals surface area (Å²) in [4.78, 5) is 25.9. The van der Waals surface area contributed by atoms with Crippen LogP contribution in [0.25, 0.3) is 0 Å². The third-order valence-electron chi connectivity index (χ3n) is 4.44. The van der Waals surface area contributed by atoms with E-state index in [-0.39, 0.29) is 10.8 Å². The van der Waals surface area contributed by atoms with E-state index in [0.29, 0.717) is 42.5 Å². The number of carbonyl (C=O) groups excluding carboxylic acids is 2. The van der Waals surface area contributed by atoms with Crippen LogP contribution in [-0.2, 0) is 21.3 Å². The Morgan fingerprint density at radius 3 is 2.50 bits per heavy atom. The molecule has 2 heterocycles. The number of hydrogen-bond acceptors (Lipinski definition) is 5. The van der Waals surface area contributed by atoms with E-state index in [4.69, 9.17) is 0 Å². The largest absolute Gasteiger partial charge is 0.465 e. The minimum atomic E-state index is -3.87. The minimum Gasteiger partial charge on any atom is -0.465 e. The summed E-state index contributed by atoms with van der Waals surface area (Å²) in [6.45, 7) is 5.81. The Balaban J connectivity index is 1.80. The summed E-state index contributed by atoms with van der Waals surface area (Å²) in [7, 11) is -2.59. The molecule has 0 aliphatic carbocycles.